The number of carbonyl (C=O) groups is 2. The zero-order chi connectivity index (χ0) is 19.7. The highest BCUT2D eigenvalue weighted by Gasteiger charge is 2.18. The van der Waals surface area contributed by atoms with Crippen LogP contribution in [0.5, 0.6) is 0 Å². The maximum atomic E-state index is 14.3. The molecule has 0 bridgehead atoms. The maximum Gasteiger partial charge on any atom is 0.325 e. The molecule has 0 spiro atoms. The molecule has 0 atom stereocenters. The van der Waals surface area contributed by atoms with E-state index in [0.717, 1.165) is 23.1 Å². The summed E-state index contributed by atoms with van der Waals surface area (Å²) in [7, 11) is 1.19. The fraction of sp³-hybridized carbons (Fsp3) is 0.294. The van der Waals surface area contributed by atoms with E-state index in [2.05, 4.69) is 14.8 Å². The maximum absolute atomic E-state index is 14.3. The van der Waals surface area contributed by atoms with Crippen molar-refractivity contribution >= 4 is 33.4 Å². The predicted octanol–water partition coefficient (Wildman–Crippen LogP) is 2.42. The monoisotopic (exact) mass is 394 g/mol. The molecule has 3 aromatic rings. The van der Waals surface area contributed by atoms with E-state index in [1.165, 1.54) is 11.7 Å². The summed E-state index contributed by atoms with van der Waals surface area (Å²) in [5, 5.41) is 4.16. The van der Waals surface area contributed by atoms with E-state index >= 15 is 0 Å². The molecule has 0 fully saturated rings. The number of carbonyl (C=O) groups excluding carboxylic acids is 2. The SMILES string of the molecule is CCn1nc(C(=O)N=c2sc3cc(F)cc(F)c3n2CC(=O)OC)cc1C. The van der Waals surface area contributed by atoms with Gasteiger partial charge >= 0.3 is 5.97 Å². The molecule has 0 unspecified atom stereocenters. The van der Waals surface area contributed by atoms with Gasteiger partial charge in [-0.3, -0.25) is 14.3 Å². The number of thiazole rings is 1. The van der Waals surface area contributed by atoms with Crippen LogP contribution in [0.2, 0.25) is 0 Å². The van der Waals surface area contributed by atoms with E-state index in [-0.39, 0.29) is 27.3 Å². The molecule has 0 radical (unpaired) electrons. The number of nitrogens with zero attached hydrogens (tertiary/aromatic N) is 4. The summed E-state index contributed by atoms with van der Waals surface area (Å²) in [5.74, 6) is -2.92. The largest absolute Gasteiger partial charge is 0.468 e. The minimum absolute atomic E-state index is 0.0198. The Morgan fingerprint density at radius 1 is 1.30 bits per heavy atom. The second kappa shape index (κ2) is 7.39. The third-order valence-electron chi connectivity index (χ3n) is 3.91. The zero-order valence-corrected chi connectivity index (χ0v) is 15.6. The first-order chi connectivity index (χ1) is 12.8. The van der Waals surface area contributed by atoms with Crippen molar-refractivity contribution < 1.29 is 23.1 Å². The Kier molecular flexibility index (Phi) is 5.17. The van der Waals surface area contributed by atoms with Gasteiger partial charge in [-0.15, -0.1) is 0 Å². The number of methoxy groups -OCH3 is 1. The molecule has 27 heavy (non-hydrogen) atoms. The zero-order valence-electron chi connectivity index (χ0n) is 14.8. The Morgan fingerprint density at radius 2 is 2.04 bits per heavy atom. The van der Waals surface area contributed by atoms with Gasteiger partial charge in [0.15, 0.2) is 16.3 Å². The molecule has 0 aliphatic heterocycles. The second-order valence-electron chi connectivity index (χ2n) is 5.68. The van der Waals surface area contributed by atoms with E-state index in [1.54, 1.807) is 10.7 Å². The van der Waals surface area contributed by atoms with E-state index in [4.69, 9.17) is 0 Å². The smallest absolute Gasteiger partial charge is 0.325 e. The quantitative estimate of drug-likeness (QED) is 0.637. The normalized spacial score (nSPS) is 12.0. The third kappa shape index (κ3) is 3.65. The molecule has 10 heteroatoms. The topological polar surface area (TPSA) is 78.5 Å². The average molecular weight is 394 g/mol. The van der Waals surface area contributed by atoms with Crippen molar-refractivity contribution in [2.45, 2.75) is 26.9 Å². The number of esters is 1. The number of hydrogen-bond acceptors (Lipinski definition) is 5. The number of amides is 1. The summed E-state index contributed by atoms with van der Waals surface area (Å²) >= 11 is 0.898. The molecular formula is C17H16F2N4O3S. The van der Waals surface area contributed by atoms with Gasteiger partial charge in [-0.05, 0) is 26.0 Å². The van der Waals surface area contributed by atoms with Gasteiger partial charge in [0.05, 0.1) is 17.3 Å². The number of ether oxygens (including phenoxy) is 1. The number of hydrogen-bond donors (Lipinski definition) is 0. The lowest BCUT2D eigenvalue weighted by molar-refractivity contribution is -0.141. The fourth-order valence-electron chi connectivity index (χ4n) is 2.63. The molecule has 0 aliphatic carbocycles. The second-order valence-corrected chi connectivity index (χ2v) is 6.69. The molecule has 7 nitrogen and oxygen atoms in total. The number of halogens is 2. The van der Waals surface area contributed by atoms with Crippen LogP contribution in [0, 0.1) is 18.6 Å². The van der Waals surface area contributed by atoms with Crippen LogP contribution in [-0.4, -0.2) is 33.3 Å². The molecule has 3 rings (SSSR count). The van der Waals surface area contributed by atoms with Crippen molar-refractivity contribution in [3.8, 4) is 0 Å². The Hall–Kier alpha value is -2.88. The van der Waals surface area contributed by atoms with Gasteiger partial charge in [-0.25, -0.2) is 8.78 Å². The van der Waals surface area contributed by atoms with Gasteiger partial charge in [0.25, 0.3) is 5.91 Å². The van der Waals surface area contributed by atoms with Crippen molar-refractivity contribution in [1.82, 2.24) is 14.3 Å². The number of aromatic nitrogens is 3. The van der Waals surface area contributed by atoms with Crippen LogP contribution in [0.3, 0.4) is 0 Å². The van der Waals surface area contributed by atoms with Crippen LogP contribution in [0.1, 0.15) is 23.1 Å². The summed E-state index contributed by atoms with van der Waals surface area (Å²) in [4.78, 5) is 28.3. The molecule has 1 amide bonds. The van der Waals surface area contributed by atoms with E-state index < -0.39 is 23.5 Å². The molecule has 0 aliphatic rings. The first-order valence-corrected chi connectivity index (χ1v) is 8.84. The van der Waals surface area contributed by atoms with Gasteiger partial charge in [0.2, 0.25) is 0 Å². The van der Waals surface area contributed by atoms with E-state index in [1.807, 2.05) is 13.8 Å². The molecular weight excluding hydrogens is 378 g/mol. The third-order valence-corrected chi connectivity index (χ3v) is 4.93. The highest BCUT2D eigenvalue weighted by Crippen LogP contribution is 2.22. The highest BCUT2D eigenvalue weighted by atomic mass is 32.1. The van der Waals surface area contributed by atoms with Crippen LogP contribution < -0.4 is 4.80 Å². The van der Waals surface area contributed by atoms with Gasteiger partial charge in [-0.2, -0.15) is 10.1 Å². The molecule has 2 heterocycles. The van der Waals surface area contributed by atoms with Crippen LogP contribution in [0.25, 0.3) is 10.2 Å². The fourth-order valence-corrected chi connectivity index (χ4v) is 3.70. The minimum Gasteiger partial charge on any atom is -0.468 e. The van der Waals surface area contributed by atoms with Crippen molar-refractivity contribution in [2.75, 3.05) is 7.11 Å². The van der Waals surface area contributed by atoms with Crippen LogP contribution in [0.15, 0.2) is 23.2 Å². The standard InChI is InChI=1S/C17H16F2N4O3S/c1-4-23-9(2)5-12(21-23)16(25)20-17-22(8-14(24)26-3)15-11(19)6-10(18)7-13(15)27-17/h5-7H,4,8H2,1-3H3. The molecule has 1 aromatic carbocycles. The Bertz CT molecular complexity index is 1110. The number of benzene rings is 1. The van der Waals surface area contributed by atoms with Gasteiger partial charge < -0.3 is 9.30 Å². The van der Waals surface area contributed by atoms with Gasteiger partial charge in [0.1, 0.15) is 12.4 Å². The van der Waals surface area contributed by atoms with Gasteiger partial charge in [0, 0.05) is 18.3 Å². The Balaban J connectivity index is 2.17. The summed E-state index contributed by atoms with van der Waals surface area (Å²) in [6, 6.07) is 3.42. The Labute approximate surface area is 156 Å². The lowest BCUT2D eigenvalue weighted by atomic mass is 10.3. The predicted molar refractivity (Wildman–Crippen MR) is 94.3 cm³/mol. The minimum atomic E-state index is -0.856. The van der Waals surface area contributed by atoms with Crippen LogP contribution in [0.4, 0.5) is 8.78 Å². The average Bonchev–Trinajstić information content (AvgIpc) is 3.15. The molecule has 142 valence electrons. The molecule has 0 saturated carbocycles. The van der Waals surface area contributed by atoms with Crippen molar-refractivity contribution in [1.29, 1.82) is 0 Å². The summed E-state index contributed by atoms with van der Waals surface area (Å²) in [5.41, 5.74) is 0.902. The summed E-state index contributed by atoms with van der Waals surface area (Å²) in [6.07, 6.45) is 0. The van der Waals surface area contributed by atoms with Crippen molar-refractivity contribution in [2.24, 2.45) is 4.99 Å². The lowest BCUT2D eigenvalue weighted by Gasteiger charge is -2.04. The number of fused-ring (bicyclic) bond motifs is 1. The molecule has 0 N–H and O–H groups in total. The van der Waals surface area contributed by atoms with Crippen molar-refractivity contribution in [3.63, 3.8) is 0 Å². The molecule has 0 saturated heterocycles. The summed E-state index contributed by atoms with van der Waals surface area (Å²) in [6.45, 7) is 3.92. The Morgan fingerprint density at radius 3 is 2.67 bits per heavy atom. The van der Waals surface area contributed by atoms with Crippen molar-refractivity contribution in [3.05, 3.63) is 46.0 Å². The number of rotatable bonds is 4. The summed E-state index contributed by atoms with van der Waals surface area (Å²) < 4.78 is 35.5. The molecule has 2 aromatic heterocycles. The first-order valence-electron chi connectivity index (χ1n) is 8.02. The highest BCUT2D eigenvalue weighted by molar-refractivity contribution is 7.16. The van der Waals surface area contributed by atoms with Crippen LogP contribution in [-0.2, 0) is 22.6 Å². The number of aryl methyl sites for hydroxylation is 2. The van der Waals surface area contributed by atoms with E-state index in [0.29, 0.717) is 12.6 Å². The first kappa shape index (κ1) is 18.9. The van der Waals surface area contributed by atoms with Gasteiger partial charge in [-0.1, -0.05) is 11.3 Å². The lowest BCUT2D eigenvalue weighted by Crippen LogP contribution is -2.23. The van der Waals surface area contributed by atoms with E-state index in [9.17, 15) is 18.4 Å². The van der Waals surface area contributed by atoms with Crippen LogP contribution >= 0.6 is 11.3 Å².